The molecule has 0 amide bonds. The van der Waals surface area contributed by atoms with Crippen molar-refractivity contribution in [2.45, 2.75) is 65.7 Å². The maximum atomic E-state index is 12.2. The molecule has 5 heteroatoms. The van der Waals surface area contributed by atoms with Crippen molar-refractivity contribution in [3.8, 4) is 17.1 Å². The van der Waals surface area contributed by atoms with Crippen molar-refractivity contribution in [3.63, 3.8) is 0 Å². The first-order valence-electron chi connectivity index (χ1n) is 10.8. The van der Waals surface area contributed by atoms with E-state index in [1.54, 1.807) is 12.1 Å². The maximum Gasteiger partial charge on any atom is 0.316 e. The number of carbonyl (C=O) groups is 1. The van der Waals surface area contributed by atoms with Gasteiger partial charge >= 0.3 is 5.97 Å². The zero-order valence-electron chi connectivity index (χ0n) is 18.0. The Labute approximate surface area is 174 Å². The summed E-state index contributed by atoms with van der Waals surface area (Å²) in [5.41, 5.74) is 2.07. The molecule has 0 saturated carbocycles. The van der Waals surface area contributed by atoms with Crippen LogP contribution in [0.25, 0.3) is 11.4 Å². The Kier molecular flexibility index (Phi) is 10.4. The van der Waals surface area contributed by atoms with Gasteiger partial charge in [0.25, 0.3) is 0 Å². The quantitative estimate of drug-likeness (QED) is 0.249. The highest BCUT2D eigenvalue weighted by Crippen LogP contribution is 2.20. The number of rotatable bonds is 13. The smallest absolute Gasteiger partial charge is 0.316 e. The molecule has 0 radical (unpaired) electrons. The highest BCUT2D eigenvalue weighted by molar-refractivity contribution is 5.75. The summed E-state index contributed by atoms with van der Waals surface area (Å²) in [4.78, 5) is 21.1. The second-order valence-electron chi connectivity index (χ2n) is 7.50. The number of nitrogens with zero attached hydrogens (tertiary/aromatic N) is 2. The van der Waals surface area contributed by atoms with Crippen molar-refractivity contribution < 1.29 is 14.3 Å². The van der Waals surface area contributed by atoms with E-state index in [4.69, 9.17) is 9.47 Å². The molecule has 0 N–H and O–H groups in total. The van der Waals surface area contributed by atoms with E-state index in [9.17, 15) is 4.79 Å². The van der Waals surface area contributed by atoms with Crippen LogP contribution >= 0.6 is 0 Å². The van der Waals surface area contributed by atoms with E-state index in [1.165, 1.54) is 31.2 Å². The average Bonchev–Trinajstić information content (AvgIpc) is 2.75. The Morgan fingerprint density at radius 1 is 0.966 bits per heavy atom. The fourth-order valence-corrected chi connectivity index (χ4v) is 2.85. The Morgan fingerprint density at radius 2 is 1.66 bits per heavy atom. The van der Waals surface area contributed by atoms with E-state index in [1.807, 2.05) is 31.5 Å². The number of hydrogen-bond donors (Lipinski definition) is 0. The lowest BCUT2D eigenvalue weighted by Gasteiger charge is -2.12. The molecule has 2 rings (SSSR count). The third kappa shape index (κ3) is 8.32. The topological polar surface area (TPSA) is 61.3 Å². The monoisotopic (exact) mass is 398 g/mol. The van der Waals surface area contributed by atoms with E-state index >= 15 is 0 Å². The Morgan fingerprint density at radius 3 is 2.31 bits per heavy atom. The van der Waals surface area contributed by atoms with Crippen molar-refractivity contribution in [2.24, 2.45) is 5.92 Å². The van der Waals surface area contributed by atoms with E-state index < -0.39 is 0 Å². The van der Waals surface area contributed by atoms with Crippen LogP contribution in [-0.4, -0.2) is 29.2 Å². The van der Waals surface area contributed by atoms with Crippen molar-refractivity contribution in [1.29, 1.82) is 0 Å². The van der Waals surface area contributed by atoms with Gasteiger partial charge in [-0.2, -0.15) is 0 Å². The molecule has 0 aliphatic heterocycles. The maximum absolute atomic E-state index is 12.2. The van der Waals surface area contributed by atoms with Gasteiger partial charge in [-0.25, -0.2) is 9.97 Å². The lowest BCUT2D eigenvalue weighted by Crippen LogP contribution is -2.22. The van der Waals surface area contributed by atoms with Crippen LogP contribution in [0.1, 0.15) is 64.9 Å². The van der Waals surface area contributed by atoms with Crippen LogP contribution in [0.3, 0.4) is 0 Å². The third-order valence-corrected chi connectivity index (χ3v) is 4.77. The normalized spacial score (nSPS) is 12.0. The molecular weight excluding hydrogens is 364 g/mol. The number of aromatic nitrogens is 2. The highest BCUT2D eigenvalue weighted by Gasteiger charge is 2.15. The molecule has 0 spiro atoms. The summed E-state index contributed by atoms with van der Waals surface area (Å²) in [6, 6.07) is 7.31. The first kappa shape index (κ1) is 23.0. The molecule has 0 fully saturated rings. The van der Waals surface area contributed by atoms with Gasteiger partial charge in [0.15, 0.2) is 5.82 Å². The molecule has 0 aliphatic rings. The summed E-state index contributed by atoms with van der Waals surface area (Å²) in [7, 11) is 0. The number of benzene rings is 1. The summed E-state index contributed by atoms with van der Waals surface area (Å²) in [6.45, 7) is 7.21. The zero-order chi connectivity index (χ0) is 20.9. The van der Waals surface area contributed by atoms with Crippen LogP contribution in [0.4, 0.5) is 0 Å². The second-order valence-corrected chi connectivity index (χ2v) is 7.50. The molecule has 1 aromatic carbocycles. The highest BCUT2D eigenvalue weighted by atomic mass is 16.5. The molecule has 0 aliphatic carbocycles. The van der Waals surface area contributed by atoms with Crippen molar-refractivity contribution in [2.75, 3.05) is 13.2 Å². The van der Waals surface area contributed by atoms with Gasteiger partial charge in [-0.15, -0.1) is 0 Å². The minimum absolute atomic E-state index is 0.280. The van der Waals surface area contributed by atoms with E-state index in [0.29, 0.717) is 24.8 Å². The molecular formula is C24H34N2O3. The molecule has 1 unspecified atom stereocenters. The standard InChI is InChI=1S/C24H34N2O3/c1-4-6-8-9-10-20-16-25-23(26-17-20)21-11-13-22(14-12-21)29-24(27)19(3)18-28-15-7-5-2/h11-14,16-17,19H,4-10,15,18H2,1-3H3. The number of carbonyl (C=O) groups excluding carboxylic acids is 1. The molecule has 5 nitrogen and oxygen atoms in total. The van der Waals surface area contributed by atoms with Crippen LogP contribution in [-0.2, 0) is 16.0 Å². The van der Waals surface area contributed by atoms with Crippen LogP contribution in [0.2, 0.25) is 0 Å². The lowest BCUT2D eigenvalue weighted by atomic mass is 10.1. The van der Waals surface area contributed by atoms with Crippen molar-refractivity contribution in [1.82, 2.24) is 9.97 Å². The SMILES string of the molecule is CCCCCCc1cnc(-c2ccc(OC(=O)C(C)COCCCC)cc2)nc1. The van der Waals surface area contributed by atoms with Gasteiger partial charge < -0.3 is 9.47 Å². The predicted molar refractivity (Wildman–Crippen MR) is 116 cm³/mol. The summed E-state index contributed by atoms with van der Waals surface area (Å²) in [5.74, 6) is 0.627. The zero-order valence-corrected chi connectivity index (χ0v) is 18.0. The second kappa shape index (κ2) is 13.0. The Hall–Kier alpha value is -2.27. The summed E-state index contributed by atoms with van der Waals surface area (Å²) in [5, 5.41) is 0. The molecule has 0 bridgehead atoms. The van der Waals surface area contributed by atoms with E-state index in [2.05, 4.69) is 23.8 Å². The molecule has 158 valence electrons. The minimum atomic E-state index is -0.292. The molecule has 1 atom stereocenters. The van der Waals surface area contributed by atoms with Crippen LogP contribution in [0, 0.1) is 5.92 Å². The molecule has 1 aromatic heterocycles. The predicted octanol–water partition coefficient (Wildman–Crippen LogP) is 5.62. The van der Waals surface area contributed by atoms with Crippen molar-refractivity contribution in [3.05, 3.63) is 42.2 Å². The largest absolute Gasteiger partial charge is 0.426 e. The van der Waals surface area contributed by atoms with E-state index in [-0.39, 0.29) is 11.9 Å². The molecule has 29 heavy (non-hydrogen) atoms. The van der Waals surface area contributed by atoms with Gasteiger partial charge in [0.1, 0.15) is 5.75 Å². The van der Waals surface area contributed by atoms with Gasteiger partial charge in [0.05, 0.1) is 12.5 Å². The molecule has 0 saturated heterocycles. The van der Waals surface area contributed by atoms with Gasteiger partial charge in [0.2, 0.25) is 0 Å². The number of esters is 1. The number of hydrogen-bond acceptors (Lipinski definition) is 5. The van der Waals surface area contributed by atoms with Gasteiger partial charge in [-0.05, 0) is 56.0 Å². The first-order chi connectivity index (χ1) is 14.1. The molecule has 1 heterocycles. The summed E-state index contributed by atoms with van der Waals surface area (Å²) >= 11 is 0. The first-order valence-corrected chi connectivity index (χ1v) is 10.8. The number of unbranched alkanes of at least 4 members (excludes halogenated alkanes) is 4. The van der Waals surface area contributed by atoms with Gasteiger partial charge in [-0.3, -0.25) is 4.79 Å². The van der Waals surface area contributed by atoms with Gasteiger partial charge in [-0.1, -0.05) is 39.5 Å². The van der Waals surface area contributed by atoms with Crippen LogP contribution < -0.4 is 4.74 Å². The lowest BCUT2D eigenvalue weighted by molar-refractivity contribution is -0.140. The van der Waals surface area contributed by atoms with Gasteiger partial charge in [0, 0.05) is 24.6 Å². The Bertz CT molecular complexity index is 714. The molecule has 2 aromatic rings. The number of aryl methyl sites for hydroxylation is 1. The minimum Gasteiger partial charge on any atom is -0.426 e. The summed E-state index contributed by atoms with van der Waals surface area (Å²) < 4.78 is 10.9. The van der Waals surface area contributed by atoms with Crippen LogP contribution in [0.15, 0.2) is 36.7 Å². The fraction of sp³-hybridized carbons (Fsp3) is 0.542. The van der Waals surface area contributed by atoms with Crippen LogP contribution in [0.5, 0.6) is 5.75 Å². The average molecular weight is 399 g/mol. The summed E-state index contributed by atoms with van der Waals surface area (Å²) in [6.07, 6.45) is 11.9. The number of ether oxygens (including phenoxy) is 2. The third-order valence-electron chi connectivity index (χ3n) is 4.77. The Balaban J connectivity index is 1.83. The fourth-order valence-electron chi connectivity index (χ4n) is 2.85. The van der Waals surface area contributed by atoms with E-state index in [0.717, 1.165) is 24.8 Å². The van der Waals surface area contributed by atoms with Crippen molar-refractivity contribution >= 4 is 5.97 Å².